The van der Waals surface area contributed by atoms with Crippen LogP contribution in [0.15, 0.2) is 60.2 Å². The number of hydrogen-bond donors (Lipinski definition) is 2. The molecule has 0 spiro atoms. The molecule has 2 aromatic rings. The number of methoxy groups -OCH3 is 1. The van der Waals surface area contributed by atoms with E-state index in [-0.39, 0.29) is 0 Å². The van der Waals surface area contributed by atoms with E-state index in [0.717, 1.165) is 11.1 Å². The molecule has 0 bridgehead atoms. The minimum absolute atomic E-state index is 0.356. The summed E-state index contributed by atoms with van der Waals surface area (Å²) in [6.07, 6.45) is 3.33. The Morgan fingerprint density at radius 2 is 2.12 bits per heavy atom. The Morgan fingerprint density at radius 1 is 1.31 bits per heavy atom. The number of para-hydroxylation sites is 1. The van der Waals surface area contributed by atoms with Crippen LogP contribution >= 0.6 is 23.8 Å². The molecule has 0 heterocycles. The van der Waals surface area contributed by atoms with Crippen LogP contribution in [0.1, 0.15) is 11.1 Å². The fourth-order valence-electron chi connectivity index (χ4n) is 2.10. The quantitative estimate of drug-likeness (QED) is 0.310. The van der Waals surface area contributed by atoms with Gasteiger partial charge in [-0.2, -0.15) is 5.10 Å². The van der Waals surface area contributed by atoms with Crippen molar-refractivity contribution in [1.29, 1.82) is 0 Å². The third-order valence-corrected chi connectivity index (χ3v) is 3.75. The van der Waals surface area contributed by atoms with Gasteiger partial charge in [0.1, 0.15) is 6.61 Å². The Labute approximate surface area is 163 Å². The number of benzene rings is 2. The number of rotatable bonds is 8. The van der Waals surface area contributed by atoms with Gasteiger partial charge in [-0.3, -0.25) is 5.43 Å². The van der Waals surface area contributed by atoms with Crippen LogP contribution in [-0.2, 0) is 6.61 Å². The van der Waals surface area contributed by atoms with Crippen molar-refractivity contribution >= 4 is 35.1 Å². The summed E-state index contributed by atoms with van der Waals surface area (Å²) in [7, 11) is 1.59. The lowest BCUT2D eigenvalue weighted by atomic mass is 10.2. The predicted octanol–water partition coefficient (Wildman–Crippen LogP) is 3.91. The van der Waals surface area contributed by atoms with Crippen LogP contribution in [-0.4, -0.2) is 25.0 Å². The summed E-state index contributed by atoms with van der Waals surface area (Å²) in [5.41, 5.74) is 4.45. The molecule has 26 heavy (non-hydrogen) atoms. The maximum atomic E-state index is 6.02. The highest BCUT2D eigenvalue weighted by atomic mass is 35.5. The van der Waals surface area contributed by atoms with Gasteiger partial charge in [0.25, 0.3) is 0 Å². The topological polar surface area (TPSA) is 54.9 Å². The average molecular weight is 390 g/mol. The molecule has 0 aliphatic heterocycles. The van der Waals surface area contributed by atoms with Crippen LogP contribution in [0.3, 0.4) is 0 Å². The van der Waals surface area contributed by atoms with Crippen LogP contribution < -0.4 is 20.2 Å². The highest BCUT2D eigenvalue weighted by Gasteiger charge is 2.10. The molecular weight excluding hydrogens is 370 g/mol. The van der Waals surface area contributed by atoms with E-state index in [1.54, 1.807) is 19.4 Å². The van der Waals surface area contributed by atoms with Gasteiger partial charge in [-0.05, 0) is 42.0 Å². The zero-order valence-corrected chi connectivity index (χ0v) is 15.9. The second-order valence-corrected chi connectivity index (χ2v) is 6.01. The Bertz CT molecular complexity index is 796. The Morgan fingerprint density at radius 3 is 2.85 bits per heavy atom. The highest BCUT2D eigenvalue weighted by Crippen LogP contribution is 2.31. The van der Waals surface area contributed by atoms with E-state index in [2.05, 4.69) is 22.4 Å². The van der Waals surface area contributed by atoms with E-state index in [4.69, 9.17) is 33.3 Å². The zero-order chi connectivity index (χ0) is 18.8. The standard InChI is InChI=1S/C19H20ClN3O2S/c1-3-10-21-19(26)23-22-12-15-7-5-9-17(24-2)18(15)25-13-14-6-4-8-16(20)11-14/h3-9,11-12H,1,10,13H2,2H3,(H2,21,23,26)/b22-12-. The molecular formula is C19H20ClN3O2S. The van der Waals surface area contributed by atoms with E-state index in [9.17, 15) is 0 Å². The highest BCUT2D eigenvalue weighted by molar-refractivity contribution is 7.80. The molecule has 2 aromatic carbocycles. The lowest BCUT2D eigenvalue weighted by Crippen LogP contribution is -2.31. The van der Waals surface area contributed by atoms with Gasteiger partial charge in [-0.15, -0.1) is 6.58 Å². The van der Waals surface area contributed by atoms with E-state index >= 15 is 0 Å². The third kappa shape index (κ3) is 6.06. The molecule has 2 N–H and O–H groups in total. The molecule has 0 atom stereocenters. The fourth-order valence-corrected chi connectivity index (χ4v) is 2.45. The molecule has 0 aliphatic rings. The predicted molar refractivity (Wildman–Crippen MR) is 110 cm³/mol. The van der Waals surface area contributed by atoms with Crippen LogP contribution in [0.25, 0.3) is 0 Å². The normalized spacial score (nSPS) is 10.4. The number of nitrogens with zero attached hydrogens (tertiary/aromatic N) is 1. The van der Waals surface area contributed by atoms with Gasteiger partial charge in [-0.25, -0.2) is 0 Å². The molecule has 0 saturated carbocycles. The first-order valence-electron chi connectivity index (χ1n) is 7.86. The maximum absolute atomic E-state index is 6.02. The van der Waals surface area contributed by atoms with Gasteiger partial charge in [0.2, 0.25) is 0 Å². The number of halogens is 1. The number of thiocarbonyl (C=S) groups is 1. The average Bonchev–Trinajstić information content (AvgIpc) is 2.65. The molecule has 5 nitrogen and oxygen atoms in total. The minimum Gasteiger partial charge on any atom is -0.493 e. The molecule has 0 unspecified atom stereocenters. The minimum atomic E-state index is 0.356. The first-order valence-corrected chi connectivity index (χ1v) is 8.64. The van der Waals surface area contributed by atoms with E-state index in [1.165, 1.54) is 0 Å². The van der Waals surface area contributed by atoms with Crippen LogP contribution in [0, 0.1) is 0 Å². The summed E-state index contributed by atoms with van der Waals surface area (Å²) in [4.78, 5) is 0. The molecule has 0 saturated heterocycles. The van der Waals surface area contributed by atoms with Crippen molar-refractivity contribution in [2.75, 3.05) is 13.7 Å². The van der Waals surface area contributed by atoms with Crippen molar-refractivity contribution in [1.82, 2.24) is 10.7 Å². The van der Waals surface area contributed by atoms with Crippen molar-refractivity contribution in [3.63, 3.8) is 0 Å². The van der Waals surface area contributed by atoms with Gasteiger partial charge < -0.3 is 14.8 Å². The second kappa shape index (κ2) is 10.4. The molecule has 0 aliphatic carbocycles. The van der Waals surface area contributed by atoms with Crippen LogP contribution in [0.2, 0.25) is 5.02 Å². The largest absolute Gasteiger partial charge is 0.493 e. The molecule has 2 rings (SSSR count). The lowest BCUT2D eigenvalue weighted by Gasteiger charge is -2.13. The van der Waals surface area contributed by atoms with Crippen molar-refractivity contribution in [3.05, 3.63) is 71.3 Å². The van der Waals surface area contributed by atoms with Crippen molar-refractivity contribution < 1.29 is 9.47 Å². The molecule has 0 fully saturated rings. The maximum Gasteiger partial charge on any atom is 0.187 e. The van der Waals surface area contributed by atoms with Crippen molar-refractivity contribution in [2.24, 2.45) is 5.10 Å². The SMILES string of the molecule is C=CCNC(=S)N/N=C\c1cccc(OC)c1OCc1cccc(Cl)c1. The van der Waals surface area contributed by atoms with E-state index < -0.39 is 0 Å². The first kappa shape index (κ1) is 19.8. The molecule has 136 valence electrons. The first-order chi connectivity index (χ1) is 12.6. The summed E-state index contributed by atoms with van der Waals surface area (Å²) >= 11 is 11.1. The summed E-state index contributed by atoms with van der Waals surface area (Å²) in [5, 5.41) is 8.13. The third-order valence-electron chi connectivity index (χ3n) is 3.28. The molecule has 0 aromatic heterocycles. The van der Waals surface area contributed by atoms with Crippen LogP contribution in [0.4, 0.5) is 0 Å². The Kier molecular flexibility index (Phi) is 7.92. The van der Waals surface area contributed by atoms with Gasteiger partial charge in [0.05, 0.1) is 13.3 Å². The molecule has 7 heteroatoms. The number of nitrogens with one attached hydrogen (secondary N) is 2. The zero-order valence-electron chi connectivity index (χ0n) is 14.4. The fraction of sp³-hybridized carbons (Fsp3) is 0.158. The van der Waals surface area contributed by atoms with Crippen molar-refractivity contribution in [3.8, 4) is 11.5 Å². The number of hydrazone groups is 1. The number of hydrogen-bond acceptors (Lipinski definition) is 4. The van der Waals surface area contributed by atoms with Gasteiger partial charge >= 0.3 is 0 Å². The van der Waals surface area contributed by atoms with Gasteiger partial charge in [-0.1, -0.05) is 35.9 Å². The second-order valence-electron chi connectivity index (χ2n) is 5.17. The summed E-state index contributed by atoms with van der Waals surface area (Å²) in [5.74, 6) is 1.20. The van der Waals surface area contributed by atoms with Gasteiger partial charge in [0, 0.05) is 17.1 Å². The Balaban J connectivity index is 2.11. The number of ether oxygens (including phenoxy) is 2. The monoisotopic (exact) mass is 389 g/mol. The van der Waals surface area contributed by atoms with Crippen LogP contribution in [0.5, 0.6) is 11.5 Å². The van der Waals surface area contributed by atoms with Gasteiger partial charge in [0.15, 0.2) is 16.6 Å². The van der Waals surface area contributed by atoms with E-state index in [1.807, 2.05) is 42.5 Å². The lowest BCUT2D eigenvalue weighted by molar-refractivity contribution is 0.284. The molecule has 0 amide bonds. The Hall–Kier alpha value is -2.57. The smallest absolute Gasteiger partial charge is 0.187 e. The summed E-state index contributed by atoms with van der Waals surface area (Å²) in [6.45, 7) is 4.53. The summed E-state index contributed by atoms with van der Waals surface area (Å²) < 4.78 is 11.4. The summed E-state index contributed by atoms with van der Waals surface area (Å²) in [6, 6.07) is 13.1. The molecule has 0 radical (unpaired) electrons. The van der Waals surface area contributed by atoms with Crippen molar-refractivity contribution in [2.45, 2.75) is 6.61 Å². The van der Waals surface area contributed by atoms with E-state index in [0.29, 0.717) is 34.8 Å².